The summed E-state index contributed by atoms with van der Waals surface area (Å²) >= 11 is 0. The van der Waals surface area contributed by atoms with Crippen molar-refractivity contribution in [1.29, 1.82) is 0 Å². The number of rotatable bonds is 9. The number of urea groups is 1. The van der Waals surface area contributed by atoms with E-state index in [9.17, 15) is 9.59 Å². The molecule has 0 aliphatic heterocycles. The van der Waals surface area contributed by atoms with Crippen LogP contribution in [0, 0.1) is 5.92 Å². The van der Waals surface area contributed by atoms with Gasteiger partial charge in [0.15, 0.2) is 0 Å². The second kappa shape index (κ2) is 7.78. The molecule has 2 amide bonds. The van der Waals surface area contributed by atoms with Crippen molar-refractivity contribution >= 4 is 12.0 Å². The molecule has 1 fully saturated rings. The third-order valence-corrected chi connectivity index (χ3v) is 2.78. The number of aliphatic carboxylic acids is 1. The van der Waals surface area contributed by atoms with Crippen LogP contribution in [0.3, 0.4) is 0 Å². The zero-order valence-corrected chi connectivity index (χ0v) is 11.3. The van der Waals surface area contributed by atoms with Crippen molar-refractivity contribution < 1.29 is 19.4 Å². The van der Waals surface area contributed by atoms with Gasteiger partial charge in [0, 0.05) is 12.6 Å². The van der Waals surface area contributed by atoms with Crippen LogP contribution in [0.1, 0.15) is 26.2 Å². The van der Waals surface area contributed by atoms with E-state index in [1.165, 1.54) is 0 Å². The lowest BCUT2D eigenvalue weighted by molar-refractivity contribution is -0.137. The second-order valence-electron chi connectivity index (χ2n) is 4.95. The first-order chi connectivity index (χ1) is 8.99. The van der Waals surface area contributed by atoms with Crippen LogP contribution in [0.2, 0.25) is 0 Å². The summed E-state index contributed by atoms with van der Waals surface area (Å²) in [6.45, 7) is 6.85. The Bertz CT molecular complexity index is 340. The van der Waals surface area contributed by atoms with Crippen LogP contribution in [0.4, 0.5) is 4.79 Å². The normalized spacial score (nSPS) is 15.6. The Kier molecular flexibility index (Phi) is 6.35. The van der Waals surface area contributed by atoms with Crippen molar-refractivity contribution in [2.24, 2.45) is 5.92 Å². The number of hydrogen-bond acceptors (Lipinski definition) is 3. The van der Waals surface area contributed by atoms with Crippen LogP contribution in [0.5, 0.6) is 0 Å². The smallest absolute Gasteiger partial charge is 0.315 e. The number of hydrogen-bond donors (Lipinski definition) is 3. The summed E-state index contributed by atoms with van der Waals surface area (Å²) in [5, 5.41) is 14.1. The van der Waals surface area contributed by atoms with Gasteiger partial charge in [0.25, 0.3) is 0 Å². The minimum Gasteiger partial charge on any atom is -0.481 e. The molecule has 1 aliphatic carbocycles. The largest absolute Gasteiger partial charge is 0.481 e. The molecule has 0 aromatic rings. The molecule has 19 heavy (non-hydrogen) atoms. The average molecular weight is 270 g/mol. The highest BCUT2D eigenvalue weighted by atomic mass is 16.5. The van der Waals surface area contributed by atoms with Crippen molar-refractivity contribution in [1.82, 2.24) is 10.6 Å². The highest BCUT2D eigenvalue weighted by Gasteiger charge is 2.33. The standard InChI is InChI=1S/C13H22N2O4/c1-9(2)8-19-6-5-14-13(18)15-11(7-12(16)17)10-3-4-10/h10-11H,1,3-8H2,2H3,(H,16,17)(H2,14,15,18). The van der Waals surface area contributed by atoms with Crippen molar-refractivity contribution in [2.75, 3.05) is 19.8 Å². The predicted molar refractivity (Wildman–Crippen MR) is 70.9 cm³/mol. The van der Waals surface area contributed by atoms with Gasteiger partial charge in [-0.05, 0) is 25.7 Å². The van der Waals surface area contributed by atoms with Gasteiger partial charge in [0.1, 0.15) is 0 Å². The Morgan fingerprint density at radius 1 is 1.47 bits per heavy atom. The van der Waals surface area contributed by atoms with E-state index in [0.29, 0.717) is 25.7 Å². The predicted octanol–water partition coefficient (Wildman–Crippen LogP) is 1.13. The summed E-state index contributed by atoms with van der Waals surface area (Å²) in [6, 6.07) is -0.606. The van der Waals surface area contributed by atoms with Crippen LogP contribution in [-0.2, 0) is 9.53 Å². The van der Waals surface area contributed by atoms with Gasteiger partial charge in [-0.3, -0.25) is 4.79 Å². The first kappa shape index (κ1) is 15.5. The fraction of sp³-hybridized carbons (Fsp3) is 0.692. The third-order valence-electron chi connectivity index (χ3n) is 2.78. The Hall–Kier alpha value is -1.56. The average Bonchev–Trinajstić information content (AvgIpc) is 3.10. The molecule has 0 spiro atoms. The van der Waals surface area contributed by atoms with E-state index in [-0.39, 0.29) is 18.5 Å². The second-order valence-corrected chi connectivity index (χ2v) is 4.95. The first-order valence-electron chi connectivity index (χ1n) is 6.47. The number of nitrogens with one attached hydrogen (secondary N) is 2. The maximum atomic E-state index is 11.6. The molecular weight excluding hydrogens is 248 g/mol. The van der Waals surface area contributed by atoms with Crippen LogP contribution in [-0.4, -0.2) is 42.9 Å². The maximum absolute atomic E-state index is 11.6. The molecule has 3 N–H and O–H groups in total. The Morgan fingerprint density at radius 3 is 2.68 bits per heavy atom. The zero-order valence-electron chi connectivity index (χ0n) is 11.3. The highest BCUT2D eigenvalue weighted by molar-refractivity contribution is 5.75. The number of amides is 2. The summed E-state index contributed by atoms with van der Waals surface area (Å²) in [7, 11) is 0. The summed E-state index contributed by atoms with van der Waals surface area (Å²) in [6.07, 6.45) is 1.95. The van der Waals surface area contributed by atoms with E-state index in [1.54, 1.807) is 0 Å². The summed E-state index contributed by atoms with van der Waals surface area (Å²) < 4.78 is 5.24. The van der Waals surface area contributed by atoms with E-state index in [0.717, 1.165) is 18.4 Å². The van der Waals surface area contributed by atoms with Crippen molar-refractivity contribution in [2.45, 2.75) is 32.2 Å². The van der Waals surface area contributed by atoms with Crippen LogP contribution in [0.15, 0.2) is 12.2 Å². The molecule has 1 atom stereocenters. The topological polar surface area (TPSA) is 87.7 Å². The summed E-state index contributed by atoms with van der Waals surface area (Å²) in [5.41, 5.74) is 0.930. The van der Waals surface area contributed by atoms with Crippen molar-refractivity contribution in [3.8, 4) is 0 Å². The minimum absolute atomic E-state index is 0.0236. The van der Waals surface area contributed by atoms with E-state index in [2.05, 4.69) is 17.2 Å². The number of carbonyl (C=O) groups is 2. The van der Waals surface area contributed by atoms with E-state index < -0.39 is 5.97 Å². The lowest BCUT2D eigenvalue weighted by Crippen LogP contribution is -2.45. The molecule has 0 bridgehead atoms. The SMILES string of the molecule is C=C(C)COCCNC(=O)NC(CC(=O)O)C1CC1. The molecule has 1 aliphatic rings. The van der Waals surface area contributed by atoms with E-state index in [4.69, 9.17) is 9.84 Å². The van der Waals surface area contributed by atoms with Crippen molar-refractivity contribution in [3.05, 3.63) is 12.2 Å². The third kappa shape index (κ3) is 7.46. The van der Waals surface area contributed by atoms with Gasteiger partial charge in [-0.15, -0.1) is 0 Å². The summed E-state index contributed by atoms with van der Waals surface area (Å²) in [5.74, 6) is -0.580. The zero-order chi connectivity index (χ0) is 14.3. The van der Waals surface area contributed by atoms with Crippen LogP contribution in [0.25, 0.3) is 0 Å². The summed E-state index contributed by atoms with van der Waals surface area (Å²) in [4.78, 5) is 22.3. The van der Waals surface area contributed by atoms with E-state index in [1.807, 2.05) is 6.92 Å². The van der Waals surface area contributed by atoms with Crippen LogP contribution >= 0.6 is 0 Å². The molecule has 1 unspecified atom stereocenters. The molecular formula is C13H22N2O4. The fourth-order valence-electron chi connectivity index (χ4n) is 1.72. The van der Waals surface area contributed by atoms with E-state index >= 15 is 0 Å². The van der Waals surface area contributed by atoms with Crippen molar-refractivity contribution in [3.63, 3.8) is 0 Å². The molecule has 0 radical (unpaired) electrons. The Balaban J connectivity index is 2.14. The van der Waals surface area contributed by atoms with Gasteiger partial charge < -0.3 is 20.5 Å². The lowest BCUT2D eigenvalue weighted by Gasteiger charge is -2.16. The number of ether oxygens (including phenoxy) is 1. The molecule has 1 saturated carbocycles. The van der Waals surface area contributed by atoms with Gasteiger partial charge in [-0.2, -0.15) is 0 Å². The molecule has 6 heteroatoms. The van der Waals surface area contributed by atoms with Gasteiger partial charge in [-0.25, -0.2) is 4.79 Å². The molecule has 1 rings (SSSR count). The quantitative estimate of drug-likeness (QED) is 0.433. The van der Waals surface area contributed by atoms with Gasteiger partial charge >= 0.3 is 12.0 Å². The number of carbonyl (C=O) groups excluding carboxylic acids is 1. The molecule has 0 aromatic heterocycles. The fourth-order valence-corrected chi connectivity index (χ4v) is 1.72. The van der Waals surface area contributed by atoms with Crippen LogP contribution < -0.4 is 10.6 Å². The van der Waals surface area contributed by atoms with Gasteiger partial charge in [-0.1, -0.05) is 12.2 Å². The number of carboxylic acids is 1. The minimum atomic E-state index is -0.887. The molecule has 6 nitrogen and oxygen atoms in total. The monoisotopic (exact) mass is 270 g/mol. The van der Waals surface area contributed by atoms with Gasteiger partial charge in [0.2, 0.25) is 0 Å². The van der Waals surface area contributed by atoms with Gasteiger partial charge in [0.05, 0.1) is 19.6 Å². The lowest BCUT2D eigenvalue weighted by atomic mass is 10.1. The molecule has 0 saturated heterocycles. The number of carboxylic acid groups (broad SMARTS) is 1. The Morgan fingerprint density at radius 2 is 2.16 bits per heavy atom. The molecule has 0 heterocycles. The maximum Gasteiger partial charge on any atom is 0.315 e. The first-order valence-corrected chi connectivity index (χ1v) is 6.47. The highest BCUT2D eigenvalue weighted by Crippen LogP contribution is 2.33. The Labute approximate surface area is 113 Å². The molecule has 0 aromatic carbocycles. The molecule has 108 valence electrons.